The van der Waals surface area contributed by atoms with Crippen LogP contribution in [-0.2, 0) is 6.54 Å². The maximum absolute atomic E-state index is 13.2. The Balaban J connectivity index is 1.38. The van der Waals surface area contributed by atoms with Crippen molar-refractivity contribution < 1.29 is 13.9 Å². The molecule has 8 nitrogen and oxygen atoms in total. The molecule has 1 aromatic carbocycles. The van der Waals surface area contributed by atoms with Crippen LogP contribution >= 0.6 is 0 Å². The number of piperidine rings is 1. The Morgan fingerprint density at radius 3 is 2.88 bits per heavy atom. The Morgan fingerprint density at radius 1 is 1.28 bits per heavy atom. The monoisotopic (exact) mass is 440 g/mol. The molecule has 170 valence electrons. The quantitative estimate of drug-likeness (QED) is 0.739. The highest BCUT2D eigenvalue weighted by Gasteiger charge is 2.29. The van der Waals surface area contributed by atoms with Crippen LogP contribution in [0.3, 0.4) is 0 Å². The van der Waals surface area contributed by atoms with Crippen LogP contribution in [0.4, 0.5) is 15.1 Å². The number of urea groups is 1. The molecule has 1 unspecified atom stereocenters. The minimum Gasteiger partial charge on any atom is -0.491 e. The molecule has 0 bridgehead atoms. The molecule has 2 aromatic rings. The Labute approximate surface area is 186 Å². The zero-order chi connectivity index (χ0) is 22.2. The van der Waals surface area contributed by atoms with E-state index in [0.29, 0.717) is 50.8 Å². The summed E-state index contributed by atoms with van der Waals surface area (Å²) < 4.78 is 19.0. The molecule has 0 spiro atoms. The smallest absolute Gasteiger partial charge is 0.320 e. The van der Waals surface area contributed by atoms with Crippen molar-refractivity contribution >= 4 is 18.1 Å². The fourth-order valence-corrected chi connectivity index (χ4v) is 4.87. The van der Waals surface area contributed by atoms with Gasteiger partial charge in [0.05, 0.1) is 31.7 Å². The van der Waals surface area contributed by atoms with E-state index in [-0.39, 0.29) is 24.5 Å². The number of rotatable bonds is 2. The van der Waals surface area contributed by atoms with Gasteiger partial charge < -0.3 is 25.3 Å². The lowest BCUT2D eigenvalue weighted by atomic mass is 9.93. The van der Waals surface area contributed by atoms with Crippen molar-refractivity contribution in [3.63, 3.8) is 0 Å². The van der Waals surface area contributed by atoms with Gasteiger partial charge in [-0.05, 0) is 49.0 Å². The zero-order valence-electron chi connectivity index (χ0n) is 18.3. The molecule has 1 atom stereocenters. The number of benzene rings is 1. The second-order valence-electron chi connectivity index (χ2n) is 8.94. The van der Waals surface area contributed by atoms with Gasteiger partial charge in [0.25, 0.3) is 0 Å². The normalized spacial score (nSPS) is 21.0. The molecular formula is C23H29FN6O2. The number of anilines is 1. The van der Waals surface area contributed by atoms with E-state index in [2.05, 4.69) is 33.2 Å². The van der Waals surface area contributed by atoms with Gasteiger partial charge in [-0.1, -0.05) is 6.07 Å². The summed E-state index contributed by atoms with van der Waals surface area (Å²) in [6, 6.07) is 4.28. The number of nitrogen functional groups attached to an aromatic ring is 1. The summed E-state index contributed by atoms with van der Waals surface area (Å²) in [5.41, 5.74) is 9.62. The van der Waals surface area contributed by atoms with Gasteiger partial charge in [0.15, 0.2) is 11.4 Å². The molecular weight excluding hydrogens is 411 g/mol. The Hall–Kier alpha value is -3.10. The van der Waals surface area contributed by atoms with Gasteiger partial charge >= 0.3 is 6.03 Å². The van der Waals surface area contributed by atoms with E-state index in [4.69, 9.17) is 10.5 Å². The third-order valence-corrected chi connectivity index (χ3v) is 6.68. The number of alkyl halides is 1. The largest absolute Gasteiger partial charge is 0.491 e. The number of H-pyrrole nitrogens is 1. The van der Waals surface area contributed by atoms with Crippen LogP contribution in [0.1, 0.15) is 35.4 Å². The fraction of sp³-hybridized carbons (Fsp3) is 0.522. The van der Waals surface area contributed by atoms with Crippen molar-refractivity contribution in [1.82, 2.24) is 19.8 Å². The maximum atomic E-state index is 13.2. The summed E-state index contributed by atoms with van der Waals surface area (Å²) >= 11 is 0. The number of halogens is 1. The Bertz CT molecular complexity index is 1140. The number of aromatic nitrogens is 2. The third kappa shape index (κ3) is 3.91. The first-order valence-electron chi connectivity index (χ1n) is 11.3. The number of nitrogens with zero attached hydrogens (tertiary/aromatic N) is 4. The standard InChI is InChI=1S/C23H29FN6O2/c1-14-8-16(17-10-19-21(26-12-17)28-22(25)27-19)9-18-13-30(6-7-32-20(14)18)23(31)29-4-2-15(11-24)3-5-29/h8-10,15,17H,2-7,11-13H2,1H3,(H3,25,26,27,28). The molecule has 1 fully saturated rings. The van der Waals surface area contributed by atoms with Crippen LogP contribution in [0.5, 0.6) is 5.75 Å². The van der Waals surface area contributed by atoms with E-state index < -0.39 is 0 Å². The van der Waals surface area contributed by atoms with E-state index in [1.807, 2.05) is 16.7 Å². The van der Waals surface area contributed by atoms with Crippen LogP contribution in [0.25, 0.3) is 6.08 Å². The summed E-state index contributed by atoms with van der Waals surface area (Å²) in [5.74, 6) is 1.41. The van der Waals surface area contributed by atoms with Crippen LogP contribution < -0.4 is 21.3 Å². The van der Waals surface area contributed by atoms with Crippen LogP contribution in [0, 0.1) is 12.8 Å². The van der Waals surface area contributed by atoms with Crippen LogP contribution in [0.15, 0.2) is 17.1 Å². The highest BCUT2D eigenvalue weighted by molar-refractivity contribution is 5.75. The van der Waals surface area contributed by atoms with Crippen molar-refractivity contribution in [2.45, 2.75) is 32.2 Å². The number of fused-ring (bicyclic) bond motifs is 2. The molecule has 3 N–H and O–H groups in total. The zero-order valence-corrected chi connectivity index (χ0v) is 18.3. The summed E-state index contributed by atoms with van der Waals surface area (Å²) in [5, 5.41) is 0.844. The number of aromatic amines is 1. The average Bonchev–Trinajstić information content (AvgIpc) is 3.03. The number of likely N-dealkylation sites (tertiary alicyclic amines) is 1. The third-order valence-electron chi connectivity index (χ3n) is 6.68. The predicted octanol–water partition coefficient (Wildman–Crippen LogP) is 1.49. The topological polar surface area (TPSA) is 99.8 Å². The lowest BCUT2D eigenvalue weighted by Crippen LogP contribution is -2.47. The Morgan fingerprint density at radius 2 is 2.09 bits per heavy atom. The van der Waals surface area contributed by atoms with Crippen molar-refractivity contribution in [3.05, 3.63) is 39.7 Å². The van der Waals surface area contributed by atoms with Gasteiger partial charge in [-0.15, -0.1) is 0 Å². The molecule has 3 aliphatic rings. The maximum Gasteiger partial charge on any atom is 0.320 e. The average molecular weight is 441 g/mol. The summed E-state index contributed by atoms with van der Waals surface area (Å²) in [7, 11) is 0. The van der Waals surface area contributed by atoms with Crippen molar-refractivity contribution in [2.24, 2.45) is 10.9 Å². The number of carbonyl (C=O) groups excluding carboxylic acids is 1. The molecule has 0 saturated carbocycles. The Kier molecular flexibility index (Phi) is 5.48. The lowest BCUT2D eigenvalue weighted by Gasteiger charge is -2.34. The van der Waals surface area contributed by atoms with Crippen molar-refractivity contribution in [2.75, 3.05) is 45.2 Å². The number of nitrogens with one attached hydrogen (secondary N) is 1. The molecule has 9 heteroatoms. The predicted molar refractivity (Wildman–Crippen MR) is 119 cm³/mol. The number of amides is 2. The number of hydrogen-bond acceptors (Lipinski definition) is 5. The first-order valence-corrected chi connectivity index (χ1v) is 11.3. The number of nitrogens with two attached hydrogens (primary N) is 1. The number of aryl methyl sites for hydroxylation is 1. The minimum absolute atomic E-state index is 0.0126. The van der Waals surface area contributed by atoms with E-state index in [0.717, 1.165) is 40.6 Å². The highest BCUT2D eigenvalue weighted by atomic mass is 19.1. The number of carbonyl (C=O) groups is 1. The molecule has 3 aliphatic heterocycles. The van der Waals surface area contributed by atoms with Crippen molar-refractivity contribution in [1.29, 1.82) is 0 Å². The molecule has 1 aromatic heterocycles. The second kappa shape index (κ2) is 8.44. The number of imidazole rings is 1. The van der Waals surface area contributed by atoms with E-state index in [1.165, 1.54) is 0 Å². The molecule has 5 rings (SSSR count). The molecule has 1 saturated heterocycles. The van der Waals surface area contributed by atoms with Gasteiger partial charge in [0.1, 0.15) is 12.4 Å². The number of hydrogen-bond donors (Lipinski definition) is 2. The van der Waals surface area contributed by atoms with Gasteiger partial charge in [0.2, 0.25) is 0 Å². The minimum atomic E-state index is -0.299. The SMILES string of the molecule is Cc1cc(C2C=c3[nH]c(N)nc3=NC2)cc2c1OCCN(C(=O)N1CCC(CF)CC1)C2. The van der Waals surface area contributed by atoms with Gasteiger partial charge in [-0.25, -0.2) is 4.79 Å². The first-order chi connectivity index (χ1) is 15.5. The van der Waals surface area contributed by atoms with Crippen LogP contribution in [-0.4, -0.2) is 65.3 Å². The fourth-order valence-electron chi connectivity index (χ4n) is 4.87. The van der Waals surface area contributed by atoms with Crippen molar-refractivity contribution in [3.8, 4) is 5.75 Å². The van der Waals surface area contributed by atoms with Crippen LogP contribution in [0.2, 0.25) is 0 Å². The highest BCUT2D eigenvalue weighted by Crippen LogP contribution is 2.33. The summed E-state index contributed by atoms with van der Waals surface area (Å²) in [4.78, 5) is 28.7. The van der Waals surface area contributed by atoms with E-state index >= 15 is 0 Å². The van der Waals surface area contributed by atoms with E-state index in [9.17, 15) is 9.18 Å². The molecule has 0 aliphatic carbocycles. The summed E-state index contributed by atoms with van der Waals surface area (Å²) in [6.07, 6.45) is 3.57. The molecule has 0 radical (unpaired) electrons. The molecule has 4 heterocycles. The molecule has 32 heavy (non-hydrogen) atoms. The summed E-state index contributed by atoms with van der Waals surface area (Å²) in [6.45, 7) is 5.07. The van der Waals surface area contributed by atoms with E-state index in [1.54, 1.807) is 0 Å². The second-order valence-corrected chi connectivity index (χ2v) is 8.94. The van der Waals surface area contributed by atoms with Gasteiger partial charge in [-0.2, -0.15) is 4.98 Å². The number of ether oxygens (including phenoxy) is 1. The molecule has 2 amide bonds. The van der Waals surface area contributed by atoms with Gasteiger partial charge in [-0.3, -0.25) is 9.38 Å². The lowest BCUT2D eigenvalue weighted by molar-refractivity contribution is 0.122. The first kappa shape index (κ1) is 20.8. The van der Waals surface area contributed by atoms with Gasteiger partial charge in [0, 0.05) is 24.6 Å².